The van der Waals surface area contributed by atoms with Crippen LogP contribution in [0.4, 0.5) is 11.4 Å². The highest BCUT2D eigenvalue weighted by molar-refractivity contribution is 7.99. The van der Waals surface area contributed by atoms with E-state index in [-0.39, 0.29) is 6.42 Å². The van der Waals surface area contributed by atoms with Gasteiger partial charge in [-0.1, -0.05) is 35.5 Å². The van der Waals surface area contributed by atoms with Crippen LogP contribution in [0.1, 0.15) is 12.0 Å². The number of aliphatic carboxylic acids is 1. The predicted octanol–water partition coefficient (Wildman–Crippen LogP) is 4.57. The van der Waals surface area contributed by atoms with Crippen molar-refractivity contribution < 1.29 is 9.90 Å². The van der Waals surface area contributed by atoms with Crippen molar-refractivity contribution in [3.63, 3.8) is 0 Å². The van der Waals surface area contributed by atoms with E-state index < -0.39 is 5.97 Å². The lowest BCUT2D eigenvalue weighted by atomic mass is 10.1. The third kappa shape index (κ3) is 2.49. The molecular formula is C15H12ClNO2S. The minimum Gasteiger partial charge on any atom is -0.481 e. The molecule has 0 amide bonds. The summed E-state index contributed by atoms with van der Waals surface area (Å²) in [7, 11) is 0. The Labute approximate surface area is 126 Å². The largest absolute Gasteiger partial charge is 0.481 e. The molecule has 0 saturated heterocycles. The molecule has 102 valence electrons. The number of halogens is 1. The molecule has 3 nitrogen and oxygen atoms in total. The Morgan fingerprint density at radius 2 is 2.00 bits per heavy atom. The quantitative estimate of drug-likeness (QED) is 0.744. The van der Waals surface area contributed by atoms with Crippen LogP contribution in [0.2, 0.25) is 5.02 Å². The summed E-state index contributed by atoms with van der Waals surface area (Å²) in [5.41, 5.74) is 2.83. The maximum atomic E-state index is 10.8. The summed E-state index contributed by atoms with van der Waals surface area (Å²) >= 11 is 7.90. The van der Waals surface area contributed by atoms with Crippen LogP contribution in [0.3, 0.4) is 0 Å². The average Bonchev–Trinajstić information content (AvgIpc) is 2.44. The molecule has 0 atom stereocenters. The topological polar surface area (TPSA) is 49.3 Å². The molecule has 20 heavy (non-hydrogen) atoms. The van der Waals surface area contributed by atoms with E-state index in [1.165, 1.54) is 0 Å². The molecule has 0 fully saturated rings. The van der Waals surface area contributed by atoms with Gasteiger partial charge in [0.15, 0.2) is 0 Å². The Balaban J connectivity index is 2.00. The van der Waals surface area contributed by atoms with E-state index in [1.54, 1.807) is 11.8 Å². The summed E-state index contributed by atoms with van der Waals surface area (Å²) in [6, 6.07) is 11.8. The number of para-hydroxylation sites is 1. The number of carboxylic acid groups (broad SMARTS) is 1. The van der Waals surface area contributed by atoms with Crippen molar-refractivity contribution >= 4 is 40.7 Å². The number of anilines is 2. The van der Waals surface area contributed by atoms with E-state index in [1.807, 2.05) is 30.3 Å². The summed E-state index contributed by atoms with van der Waals surface area (Å²) in [6.07, 6.45) is 0.497. The molecule has 1 heterocycles. The lowest BCUT2D eigenvalue weighted by Gasteiger charge is -2.23. The fourth-order valence-corrected chi connectivity index (χ4v) is 3.49. The summed E-state index contributed by atoms with van der Waals surface area (Å²) < 4.78 is 0. The van der Waals surface area contributed by atoms with Crippen molar-refractivity contribution in [2.75, 3.05) is 5.32 Å². The number of nitrogens with one attached hydrogen (secondary N) is 1. The van der Waals surface area contributed by atoms with E-state index in [4.69, 9.17) is 16.7 Å². The van der Waals surface area contributed by atoms with Crippen molar-refractivity contribution in [3.05, 3.63) is 47.0 Å². The maximum Gasteiger partial charge on any atom is 0.303 e. The molecule has 0 radical (unpaired) electrons. The first-order valence-corrected chi connectivity index (χ1v) is 7.41. The molecule has 2 N–H and O–H groups in total. The van der Waals surface area contributed by atoms with Crippen LogP contribution in [0.25, 0.3) is 0 Å². The zero-order valence-electron chi connectivity index (χ0n) is 10.5. The Kier molecular flexibility index (Phi) is 3.59. The molecule has 2 aromatic rings. The van der Waals surface area contributed by atoms with E-state index >= 15 is 0 Å². The molecule has 1 aliphatic heterocycles. The molecule has 0 aromatic heterocycles. The highest BCUT2D eigenvalue weighted by Crippen LogP contribution is 2.47. The minimum absolute atomic E-state index is 0.0736. The molecule has 0 spiro atoms. The molecule has 2 aromatic carbocycles. The lowest BCUT2D eigenvalue weighted by Crippen LogP contribution is -2.06. The van der Waals surface area contributed by atoms with Crippen molar-refractivity contribution in [3.8, 4) is 0 Å². The molecular weight excluding hydrogens is 294 g/mol. The van der Waals surface area contributed by atoms with Crippen molar-refractivity contribution in [1.82, 2.24) is 0 Å². The summed E-state index contributed by atoms with van der Waals surface area (Å²) in [5, 5.41) is 12.8. The zero-order valence-corrected chi connectivity index (χ0v) is 12.1. The molecule has 0 aliphatic carbocycles. The number of fused-ring (bicyclic) bond motifs is 2. The van der Waals surface area contributed by atoms with Crippen LogP contribution >= 0.6 is 23.4 Å². The van der Waals surface area contributed by atoms with Gasteiger partial charge in [-0.05, 0) is 36.2 Å². The summed E-state index contributed by atoms with van der Waals surface area (Å²) in [5.74, 6) is -0.817. The highest BCUT2D eigenvalue weighted by Gasteiger charge is 2.20. The molecule has 1 aliphatic rings. The summed E-state index contributed by atoms with van der Waals surface area (Å²) in [6.45, 7) is 0. The Morgan fingerprint density at radius 3 is 2.80 bits per heavy atom. The minimum atomic E-state index is -0.817. The van der Waals surface area contributed by atoms with Gasteiger partial charge in [0.1, 0.15) is 0 Å². The molecule has 3 rings (SSSR count). The van der Waals surface area contributed by atoms with Gasteiger partial charge in [0.25, 0.3) is 0 Å². The van der Waals surface area contributed by atoms with Crippen LogP contribution in [0, 0.1) is 0 Å². The van der Waals surface area contributed by atoms with Gasteiger partial charge >= 0.3 is 5.97 Å². The number of hydrogen-bond donors (Lipinski definition) is 2. The van der Waals surface area contributed by atoms with Gasteiger partial charge in [-0.15, -0.1) is 0 Å². The summed E-state index contributed by atoms with van der Waals surface area (Å²) in [4.78, 5) is 13.0. The molecule has 0 saturated carbocycles. The van der Waals surface area contributed by atoms with Crippen LogP contribution in [-0.4, -0.2) is 11.1 Å². The normalized spacial score (nSPS) is 12.2. The van der Waals surface area contributed by atoms with Crippen LogP contribution < -0.4 is 5.32 Å². The van der Waals surface area contributed by atoms with E-state index in [9.17, 15) is 4.79 Å². The van der Waals surface area contributed by atoms with Gasteiger partial charge in [0.2, 0.25) is 0 Å². The van der Waals surface area contributed by atoms with E-state index in [2.05, 4.69) is 11.4 Å². The van der Waals surface area contributed by atoms with Gasteiger partial charge in [-0.25, -0.2) is 0 Å². The van der Waals surface area contributed by atoms with Crippen molar-refractivity contribution in [1.29, 1.82) is 0 Å². The monoisotopic (exact) mass is 305 g/mol. The second kappa shape index (κ2) is 5.38. The number of benzene rings is 2. The van der Waals surface area contributed by atoms with Crippen molar-refractivity contribution in [2.24, 2.45) is 0 Å². The Bertz CT molecular complexity index is 688. The van der Waals surface area contributed by atoms with Crippen LogP contribution in [0.5, 0.6) is 0 Å². The van der Waals surface area contributed by atoms with E-state index in [0.717, 1.165) is 26.7 Å². The SMILES string of the molecule is O=C(O)CCc1c(Cl)ccc2c1Nc1ccccc1S2. The van der Waals surface area contributed by atoms with Crippen molar-refractivity contribution in [2.45, 2.75) is 22.6 Å². The average molecular weight is 306 g/mol. The van der Waals surface area contributed by atoms with Gasteiger partial charge in [0.05, 0.1) is 11.4 Å². The van der Waals surface area contributed by atoms with Crippen LogP contribution in [0.15, 0.2) is 46.2 Å². The third-order valence-corrected chi connectivity index (χ3v) is 4.66. The lowest BCUT2D eigenvalue weighted by molar-refractivity contribution is -0.136. The smallest absolute Gasteiger partial charge is 0.303 e. The first-order chi connectivity index (χ1) is 9.65. The standard InChI is InChI=1S/C15H12ClNO2S/c16-10-6-7-13-15(9(10)5-8-14(18)19)17-11-3-1-2-4-12(11)20-13/h1-4,6-7,17H,5,8H2,(H,18,19). The Morgan fingerprint density at radius 1 is 1.20 bits per heavy atom. The van der Waals surface area contributed by atoms with Gasteiger partial charge < -0.3 is 10.4 Å². The first-order valence-electron chi connectivity index (χ1n) is 6.22. The fraction of sp³-hybridized carbons (Fsp3) is 0.133. The van der Waals surface area contributed by atoms with E-state index in [0.29, 0.717) is 11.4 Å². The number of hydrogen-bond acceptors (Lipinski definition) is 3. The fourth-order valence-electron chi connectivity index (χ4n) is 2.21. The molecule has 5 heteroatoms. The Hall–Kier alpha value is -1.65. The van der Waals surface area contributed by atoms with Gasteiger partial charge in [0, 0.05) is 21.2 Å². The van der Waals surface area contributed by atoms with Gasteiger partial charge in [-0.3, -0.25) is 4.79 Å². The maximum absolute atomic E-state index is 10.8. The third-order valence-electron chi connectivity index (χ3n) is 3.17. The number of carbonyl (C=O) groups is 1. The first kappa shape index (κ1) is 13.3. The number of rotatable bonds is 3. The zero-order chi connectivity index (χ0) is 14.1. The molecule has 0 unspecified atom stereocenters. The second-order valence-corrected chi connectivity index (χ2v) is 6.01. The highest BCUT2D eigenvalue weighted by atomic mass is 35.5. The van der Waals surface area contributed by atoms with Gasteiger partial charge in [-0.2, -0.15) is 0 Å². The predicted molar refractivity (Wildman–Crippen MR) is 81.3 cm³/mol. The molecule has 0 bridgehead atoms. The second-order valence-electron chi connectivity index (χ2n) is 4.52. The number of carboxylic acids is 1. The van der Waals surface area contributed by atoms with Crippen LogP contribution in [-0.2, 0) is 11.2 Å².